The molecule has 0 saturated heterocycles. The largest absolute Gasteiger partial charge is 0.454 e. The second-order valence-electron chi connectivity index (χ2n) is 7.19. The van der Waals surface area contributed by atoms with E-state index < -0.39 is 5.25 Å². The molecule has 2 heterocycles. The molecule has 1 aliphatic rings. The van der Waals surface area contributed by atoms with Gasteiger partial charge in [-0.25, -0.2) is 4.39 Å². The molecule has 0 saturated carbocycles. The van der Waals surface area contributed by atoms with Crippen LogP contribution in [0.15, 0.2) is 47.6 Å². The quantitative estimate of drug-likeness (QED) is 0.485. The fourth-order valence-electron chi connectivity index (χ4n) is 3.17. The van der Waals surface area contributed by atoms with Crippen LogP contribution >= 0.6 is 11.8 Å². The van der Waals surface area contributed by atoms with E-state index in [1.54, 1.807) is 29.7 Å². The number of carbonyl (C=O) groups is 2. The third kappa shape index (κ3) is 5.43. The summed E-state index contributed by atoms with van der Waals surface area (Å²) in [6, 6.07) is 10.7. The Morgan fingerprint density at radius 1 is 1.09 bits per heavy atom. The molecule has 33 heavy (non-hydrogen) atoms. The van der Waals surface area contributed by atoms with Crippen molar-refractivity contribution in [2.45, 2.75) is 37.2 Å². The lowest BCUT2D eigenvalue weighted by atomic mass is 10.2. The van der Waals surface area contributed by atoms with Gasteiger partial charge in [-0.05, 0) is 50.2 Å². The average molecular weight is 472 g/mol. The Balaban J connectivity index is 1.37. The number of fused-ring (bicyclic) bond motifs is 1. The van der Waals surface area contributed by atoms with E-state index in [1.165, 1.54) is 36.0 Å². The summed E-state index contributed by atoms with van der Waals surface area (Å²) >= 11 is 1.25. The summed E-state index contributed by atoms with van der Waals surface area (Å²) in [7, 11) is 0. The Labute approximate surface area is 193 Å². The first kappa shape index (κ1) is 22.6. The second kappa shape index (κ2) is 9.90. The molecule has 2 N–H and O–H groups in total. The van der Waals surface area contributed by atoms with Gasteiger partial charge >= 0.3 is 0 Å². The number of nitrogens with zero attached hydrogens (tertiary/aromatic N) is 3. The van der Waals surface area contributed by atoms with Gasteiger partial charge in [0.25, 0.3) is 0 Å². The summed E-state index contributed by atoms with van der Waals surface area (Å²) < 4.78 is 25.4. The minimum absolute atomic E-state index is 0.00342. The molecule has 2 aromatic carbocycles. The number of thioether (sulfide) groups is 1. The Kier molecular flexibility index (Phi) is 6.78. The lowest BCUT2D eigenvalue weighted by Crippen LogP contribution is -2.23. The first-order valence-electron chi connectivity index (χ1n) is 10.3. The molecule has 0 aliphatic carbocycles. The number of rotatable bonds is 8. The third-order valence-corrected chi connectivity index (χ3v) is 5.93. The van der Waals surface area contributed by atoms with E-state index in [1.807, 2.05) is 6.92 Å². The first-order valence-corrected chi connectivity index (χ1v) is 11.2. The van der Waals surface area contributed by atoms with Crippen LogP contribution in [0.4, 0.5) is 15.8 Å². The molecule has 1 atom stereocenters. The Morgan fingerprint density at radius 3 is 2.58 bits per heavy atom. The highest BCUT2D eigenvalue weighted by atomic mass is 32.2. The van der Waals surface area contributed by atoms with Crippen LogP contribution in [0.1, 0.15) is 19.7 Å². The van der Waals surface area contributed by atoms with Crippen LogP contribution in [0.25, 0.3) is 0 Å². The fourth-order valence-corrected chi connectivity index (χ4v) is 4.10. The Hall–Kier alpha value is -3.60. The van der Waals surface area contributed by atoms with Crippen molar-refractivity contribution in [2.24, 2.45) is 0 Å². The minimum Gasteiger partial charge on any atom is -0.454 e. The number of nitrogens with one attached hydrogen (secondary N) is 2. The van der Waals surface area contributed by atoms with Crippen molar-refractivity contribution in [3.63, 3.8) is 0 Å². The number of hydrogen-bond donors (Lipinski definition) is 2. The van der Waals surface area contributed by atoms with Crippen molar-refractivity contribution in [3.8, 4) is 11.5 Å². The van der Waals surface area contributed by atoms with Gasteiger partial charge in [-0.15, -0.1) is 10.2 Å². The zero-order valence-corrected chi connectivity index (χ0v) is 18.8. The van der Waals surface area contributed by atoms with Crippen molar-refractivity contribution >= 4 is 35.0 Å². The lowest BCUT2D eigenvalue weighted by molar-refractivity contribution is -0.116. The predicted octanol–water partition coefficient (Wildman–Crippen LogP) is 3.47. The monoisotopic (exact) mass is 471 g/mol. The van der Waals surface area contributed by atoms with E-state index in [0.29, 0.717) is 40.4 Å². The highest BCUT2D eigenvalue weighted by molar-refractivity contribution is 8.00. The van der Waals surface area contributed by atoms with Crippen molar-refractivity contribution in [1.29, 1.82) is 0 Å². The highest BCUT2D eigenvalue weighted by Crippen LogP contribution is 2.34. The maximum Gasteiger partial charge on any atom is 0.237 e. The number of anilines is 2. The van der Waals surface area contributed by atoms with E-state index in [0.717, 1.165) is 0 Å². The molecule has 0 spiro atoms. The predicted molar refractivity (Wildman–Crippen MR) is 121 cm³/mol. The topological polar surface area (TPSA) is 107 Å². The zero-order valence-electron chi connectivity index (χ0n) is 18.0. The summed E-state index contributed by atoms with van der Waals surface area (Å²) in [5.74, 6) is 0.818. The number of carbonyl (C=O) groups excluding carboxylic acids is 2. The number of aromatic nitrogens is 3. The van der Waals surface area contributed by atoms with Crippen molar-refractivity contribution in [2.75, 3.05) is 17.4 Å². The number of hydrogen-bond acceptors (Lipinski definition) is 7. The summed E-state index contributed by atoms with van der Waals surface area (Å²) in [5.41, 5.74) is 1.10. The molecule has 172 valence electrons. The molecule has 0 bridgehead atoms. The molecule has 0 fully saturated rings. The minimum atomic E-state index is -0.467. The van der Waals surface area contributed by atoms with Gasteiger partial charge in [0.15, 0.2) is 16.7 Å². The maximum atomic E-state index is 13.0. The SMILES string of the molecule is CCn1c(CC(=O)Nc2ccc(F)cc2)nnc1S[C@@H](C)C(=O)Nc1ccc2c(c1)OCO2. The molecule has 1 aromatic heterocycles. The van der Waals surface area contributed by atoms with E-state index in [2.05, 4.69) is 20.8 Å². The molecule has 3 aromatic rings. The van der Waals surface area contributed by atoms with Gasteiger partial charge in [0.05, 0.1) is 11.7 Å². The van der Waals surface area contributed by atoms with E-state index >= 15 is 0 Å². The first-order chi connectivity index (χ1) is 15.9. The van der Waals surface area contributed by atoms with Gasteiger partial charge in [-0.1, -0.05) is 11.8 Å². The molecule has 11 heteroatoms. The number of halogens is 1. The van der Waals surface area contributed by atoms with Crippen molar-refractivity contribution < 1.29 is 23.5 Å². The molecule has 0 unspecified atom stereocenters. The zero-order chi connectivity index (χ0) is 23.4. The van der Waals surface area contributed by atoms with Crippen LogP contribution in [0, 0.1) is 5.82 Å². The van der Waals surface area contributed by atoms with Gasteiger partial charge in [0.2, 0.25) is 18.6 Å². The van der Waals surface area contributed by atoms with Gasteiger partial charge in [0, 0.05) is 24.0 Å². The Bertz CT molecular complexity index is 1170. The van der Waals surface area contributed by atoms with Crippen LogP contribution in [0.3, 0.4) is 0 Å². The third-order valence-electron chi connectivity index (χ3n) is 4.85. The summed E-state index contributed by atoms with van der Waals surface area (Å²) in [4.78, 5) is 25.1. The van der Waals surface area contributed by atoms with Gasteiger partial charge in [-0.3, -0.25) is 9.59 Å². The van der Waals surface area contributed by atoms with Crippen LogP contribution in [-0.4, -0.2) is 38.6 Å². The van der Waals surface area contributed by atoms with Gasteiger partial charge in [0.1, 0.15) is 11.6 Å². The second-order valence-corrected chi connectivity index (χ2v) is 8.50. The van der Waals surface area contributed by atoms with E-state index in [9.17, 15) is 14.0 Å². The lowest BCUT2D eigenvalue weighted by Gasteiger charge is -2.13. The molecule has 4 rings (SSSR count). The summed E-state index contributed by atoms with van der Waals surface area (Å²) in [6.45, 7) is 4.37. The molecule has 2 amide bonds. The number of ether oxygens (including phenoxy) is 2. The fraction of sp³-hybridized carbons (Fsp3) is 0.273. The standard InChI is InChI=1S/C22H22FN5O4S/c1-3-28-19(11-20(29)24-15-6-4-14(23)5-7-15)26-27-22(28)33-13(2)21(30)25-16-8-9-17-18(10-16)32-12-31-17/h4-10,13H,3,11-12H2,1-2H3,(H,24,29)(H,25,30)/t13-/m0/s1. The normalized spacial score (nSPS) is 12.9. The summed E-state index contributed by atoms with van der Waals surface area (Å²) in [5, 5.41) is 13.9. The van der Waals surface area contributed by atoms with Crippen molar-refractivity contribution in [3.05, 3.63) is 54.1 Å². The van der Waals surface area contributed by atoms with Crippen LogP contribution in [-0.2, 0) is 22.6 Å². The van der Waals surface area contributed by atoms with Gasteiger partial charge in [-0.2, -0.15) is 0 Å². The molecule has 0 radical (unpaired) electrons. The average Bonchev–Trinajstić information content (AvgIpc) is 3.41. The van der Waals surface area contributed by atoms with E-state index in [-0.39, 0.29) is 30.8 Å². The smallest absolute Gasteiger partial charge is 0.237 e. The van der Waals surface area contributed by atoms with Crippen LogP contribution in [0.5, 0.6) is 11.5 Å². The van der Waals surface area contributed by atoms with Crippen molar-refractivity contribution in [1.82, 2.24) is 14.8 Å². The maximum absolute atomic E-state index is 13.0. The molecule has 9 nitrogen and oxygen atoms in total. The van der Waals surface area contributed by atoms with E-state index in [4.69, 9.17) is 9.47 Å². The summed E-state index contributed by atoms with van der Waals surface area (Å²) in [6.07, 6.45) is -0.00342. The van der Waals surface area contributed by atoms with Crippen LogP contribution < -0.4 is 20.1 Å². The number of amides is 2. The molecular weight excluding hydrogens is 449 g/mol. The van der Waals surface area contributed by atoms with Crippen LogP contribution in [0.2, 0.25) is 0 Å². The highest BCUT2D eigenvalue weighted by Gasteiger charge is 2.22. The number of benzene rings is 2. The van der Waals surface area contributed by atoms with Gasteiger partial charge < -0.3 is 24.7 Å². The Morgan fingerprint density at radius 2 is 1.82 bits per heavy atom. The molecule has 1 aliphatic heterocycles. The molecular formula is C22H22FN5O4S.